The normalized spacial score (nSPS) is 11.6. The Labute approximate surface area is 135 Å². The fraction of sp³-hybridized carbons (Fsp3) is 0.278. The van der Waals surface area contributed by atoms with Crippen LogP contribution in [-0.4, -0.2) is 23.5 Å². The quantitative estimate of drug-likeness (QED) is 0.833. The lowest BCUT2D eigenvalue weighted by atomic mass is 10.0. The van der Waals surface area contributed by atoms with Gasteiger partial charge in [0.25, 0.3) is 5.91 Å². The number of carbonyl (C=O) groups excluding carboxylic acids is 2. The van der Waals surface area contributed by atoms with Gasteiger partial charge in [-0.1, -0.05) is 42.8 Å². The molecule has 0 saturated heterocycles. The van der Waals surface area contributed by atoms with Crippen molar-refractivity contribution in [2.45, 2.75) is 26.3 Å². The molecule has 1 heterocycles. The molecular weight excluding hydrogens is 292 g/mol. The summed E-state index contributed by atoms with van der Waals surface area (Å²) in [7, 11) is 0. The second kappa shape index (κ2) is 8.08. The molecule has 0 spiro atoms. The minimum Gasteiger partial charge on any atom is -0.451 e. The van der Waals surface area contributed by atoms with Crippen molar-refractivity contribution < 1.29 is 14.3 Å². The van der Waals surface area contributed by atoms with Crippen LogP contribution in [0.5, 0.6) is 0 Å². The summed E-state index contributed by atoms with van der Waals surface area (Å²) in [6.45, 7) is 3.68. The number of pyridine rings is 1. The highest BCUT2D eigenvalue weighted by molar-refractivity contribution is 5.89. The van der Waals surface area contributed by atoms with Gasteiger partial charge in [0, 0.05) is 6.20 Å². The van der Waals surface area contributed by atoms with Crippen LogP contribution in [0.4, 0.5) is 0 Å². The zero-order chi connectivity index (χ0) is 16.7. The zero-order valence-corrected chi connectivity index (χ0v) is 13.3. The summed E-state index contributed by atoms with van der Waals surface area (Å²) in [6, 6.07) is 12.8. The van der Waals surface area contributed by atoms with Crippen LogP contribution in [0.2, 0.25) is 0 Å². The van der Waals surface area contributed by atoms with E-state index < -0.39 is 5.97 Å². The van der Waals surface area contributed by atoms with Gasteiger partial charge in [0.1, 0.15) is 5.69 Å². The maximum absolute atomic E-state index is 12.0. The zero-order valence-electron chi connectivity index (χ0n) is 13.3. The van der Waals surface area contributed by atoms with E-state index in [9.17, 15) is 9.59 Å². The van der Waals surface area contributed by atoms with Gasteiger partial charge in [0.05, 0.1) is 6.04 Å². The summed E-state index contributed by atoms with van der Waals surface area (Å²) in [4.78, 5) is 27.6. The number of benzene rings is 1. The maximum Gasteiger partial charge on any atom is 0.357 e. The van der Waals surface area contributed by atoms with Crippen LogP contribution in [-0.2, 0) is 9.53 Å². The Morgan fingerprint density at radius 3 is 2.52 bits per heavy atom. The molecule has 0 unspecified atom stereocenters. The number of hydrogen-bond donors (Lipinski definition) is 1. The predicted molar refractivity (Wildman–Crippen MR) is 86.9 cm³/mol. The molecule has 0 bridgehead atoms. The molecule has 1 amide bonds. The van der Waals surface area contributed by atoms with E-state index in [1.54, 1.807) is 18.2 Å². The molecule has 5 heteroatoms. The van der Waals surface area contributed by atoms with Gasteiger partial charge in [-0.05, 0) is 31.0 Å². The lowest BCUT2D eigenvalue weighted by Gasteiger charge is -2.17. The molecule has 0 aliphatic heterocycles. The number of amides is 1. The topological polar surface area (TPSA) is 68.3 Å². The Hall–Kier alpha value is -2.69. The van der Waals surface area contributed by atoms with Crippen molar-refractivity contribution in [3.8, 4) is 0 Å². The number of ether oxygens (including phenoxy) is 1. The summed E-state index contributed by atoms with van der Waals surface area (Å²) in [6.07, 6.45) is 2.25. The largest absolute Gasteiger partial charge is 0.451 e. The van der Waals surface area contributed by atoms with E-state index in [1.807, 2.05) is 38.1 Å². The molecule has 2 rings (SSSR count). The average molecular weight is 312 g/mol. The van der Waals surface area contributed by atoms with Crippen LogP contribution >= 0.6 is 0 Å². The van der Waals surface area contributed by atoms with Crippen LogP contribution in [0, 0.1) is 6.92 Å². The van der Waals surface area contributed by atoms with E-state index in [0.717, 1.165) is 12.0 Å². The highest BCUT2D eigenvalue weighted by Gasteiger charge is 2.15. The number of nitrogens with one attached hydrogen (secondary N) is 1. The van der Waals surface area contributed by atoms with Crippen molar-refractivity contribution in [3.63, 3.8) is 0 Å². The van der Waals surface area contributed by atoms with Gasteiger partial charge in [-0.2, -0.15) is 0 Å². The van der Waals surface area contributed by atoms with Crippen molar-refractivity contribution in [1.82, 2.24) is 10.3 Å². The van der Waals surface area contributed by atoms with Gasteiger partial charge in [-0.3, -0.25) is 4.79 Å². The van der Waals surface area contributed by atoms with E-state index in [1.165, 1.54) is 11.8 Å². The molecule has 1 aromatic carbocycles. The third kappa shape index (κ3) is 4.92. The molecule has 5 nitrogen and oxygen atoms in total. The van der Waals surface area contributed by atoms with Crippen LogP contribution in [0.1, 0.15) is 41.0 Å². The number of aryl methyl sites for hydroxylation is 1. The first-order valence-electron chi connectivity index (χ1n) is 7.54. The van der Waals surface area contributed by atoms with E-state index in [0.29, 0.717) is 0 Å². The second-order valence-electron chi connectivity index (χ2n) is 5.23. The summed E-state index contributed by atoms with van der Waals surface area (Å²) in [5.74, 6) is -0.939. The average Bonchev–Trinajstić information content (AvgIpc) is 2.59. The number of rotatable bonds is 6. The molecular formula is C18H20N2O3. The molecule has 2 aromatic rings. The van der Waals surface area contributed by atoms with Crippen LogP contribution in [0.25, 0.3) is 0 Å². The fourth-order valence-electron chi connectivity index (χ4n) is 2.14. The van der Waals surface area contributed by atoms with E-state index >= 15 is 0 Å². The second-order valence-corrected chi connectivity index (χ2v) is 5.23. The highest BCUT2D eigenvalue weighted by atomic mass is 16.5. The van der Waals surface area contributed by atoms with Crippen LogP contribution in [0.3, 0.4) is 0 Å². The smallest absolute Gasteiger partial charge is 0.357 e. The molecule has 1 N–H and O–H groups in total. The summed E-state index contributed by atoms with van der Waals surface area (Å²) in [5, 5.41) is 2.87. The standard InChI is InChI=1S/C18H20N2O3/c1-3-15(14-9-7-13(2)8-10-14)20-17(21)12-23-18(22)16-6-4-5-11-19-16/h4-11,15H,3,12H2,1-2H3,(H,20,21)/t15-/m0/s1. The lowest BCUT2D eigenvalue weighted by molar-refractivity contribution is -0.125. The summed E-state index contributed by atoms with van der Waals surface area (Å²) >= 11 is 0. The minimum absolute atomic E-state index is 0.100. The first-order valence-corrected chi connectivity index (χ1v) is 7.54. The van der Waals surface area contributed by atoms with Gasteiger partial charge in [-0.15, -0.1) is 0 Å². The molecule has 1 aromatic heterocycles. The van der Waals surface area contributed by atoms with E-state index in [2.05, 4.69) is 10.3 Å². The molecule has 0 saturated carbocycles. The van der Waals surface area contributed by atoms with Gasteiger partial charge in [-0.25, -0.2) is 9.78 Å². The Kier molecular flexibility index (Phi) is 5.86. The minimum atomic E-state index is -0.607. The summed E-state index contributed by atoms with van der Waals surface area (Å²) < 4.78 is 4.98. The lowest BCUT2D eigenvalue weighted by Crippen LogP contribution is -2.32. The Balaban J connectivity index is 1.88. The SMILES string of the molecule is CC[C@H](NC(=O)COC(=O)c1ccccn1)c1ccc(C)cc1. The van der Waals surface area contributed by atoms with E-state index in [-0.39, 0.29) is 24.2 Å². The third-order valence-corrected chi connectivity index (χ3v) is 3.43. The number of carbonyl (C=O) groups is 2. The first-order chi connectivity index (χ1) is 11.1. The van der Waals surface area contributed by atoms with Crippen molar-refractivity contribution in [2.24, 2.45) is 0 Å². The molecule has 0 aliphatic rings. The molecule has 23 heavy (non-hydrogen) atoms. The van der Waals surface area contributed by atoms with Crippen molar-refractivity contribution in [3.05, 3.63) is 65.5 Å². The molecule has 0 fully saturated rings. The van der Waals surface area contributed by atoms with Gasteiger partial charge >= 0.3 is 5.97 Å². The monoisotopic (exact) mass is 312 g/mol. The van der Waals surface area contributed by atoms with Crippen LogP contribution in [0.15, 0.2) is 48.7 Å². The summed E-state index contributed by atoms with van der Waals surface area (Å²) in [5.41, 5.74) is 2.38. The number of aromatic nitrogens is 1. The van der Waals surface area contributed by atoms with Gasteiger partial charge in [0.2, 0.25) is 0 Å². The molecule has 120 valence electrons. The van der Waals surface area contributed by atoms with Crippen molar-refractivity contribution >= 4 is 11.9 Å². The fourth-order valence-corrected chi connectivity index (χ4v) is 2.14. The molecule has 0 aliphatic carbocycles. The molecule has 0 radical (unpaired) electrons. The van der Waals surface area contributed by atoms with Crippen molar-refractivity contribution in [1.29, 1.82) is 0 Å². The maximum atomic E-state index is 12.0. The van der Waals surface area contributed by atoms with Gasteiger partial charge < -0.3 is 10.1 Å². The predicted octanol–water partition coefficient (Wildman–Crippen LogP) is 2.81. The van der Waals surface area contributed by atoms with Crippen molar-refractivity contribution in [2.75, 3.05) is 6.61 Å². The number of esters is 1. The highest BCUT2D eigenvalue weighted by Crippen LogP contribution is 2.16. The number of hydrogen-bond acceptors (Lipinski definition) is 4. The van der Waals surface area contributed by atoms with Crippen LogP contribution < -0.4 is 5.32 Å². The Morgan fingerprint density at radius 1 is 1.17 bits per heavy atom. The third-order valence-electron chi connectivity index (χ3n) is 3.43. The Bertz CT molecular complexity index is 654. The molecule has 1 atom stereocenters. The first kappa shape index (κ1) is 16.7. The Morgan fingerprint density at radius 2 is 1.91 bits per heavy atom. The van der Waals surface area contributed by atoms with E-state index in [4.69, 9.17) is 4.74 Å². The number of nitrogens with zero attached hydrogens (tertiary/aromatic N) is 1. The van der Waals surface area contributed by atoms with Gasteiger partial charge in [0.15, 0.2) is 6.61 Å².